The molecule has 394 valence electrons. The summed E-state index contributed by atoms with van der Waals surface area (Å²) in [6, 6.07) is 0. The van der Waals surface area contributed by atoms with Crippen molar-refractivity contribution in [2.24, 2.45) is 0 Å². The summed E-state index contributed by atoms with van der Waals surface area (Å²) in [6.45, 7) is 6.22. The highest BCUT2D eigenvalue weighted by Crippen LogP contribution is 2.10. The minimum Gasteiger partial charge on any atom is -0.462 e. The van der Waals surface area contributed by atoms with Crippen LogP contribution in [0.4, 0.5) is 0 Å². The Kier molecular flexibility index (Phi) is 53.1. The number of allylic oxidation sites excluding steroid dienone is 28. The van der Waals surface area contributed by atoms with Gasteiger partial charge in [0.15, 0.2) is 6.10 Å². The molecule has 0 aliphatic heterocycles. The summed E-state index contributed by atoms with van der Waals surface area (Å²) in [6.07, 6.45) is 85.0. The summed E-state index contributed by atoms with van der Waals surface area (Å²) in [4.78, 5) is 38.1. The van der Waals surface area contributed by atoms with Gasteiger partial charge in [0.2, 0.25) is 0 Å². The van der Waals surface area contributed by atoms with E-state index < -0.39 is 12.1 Å². The highest BCUT2D eigenvalue weighted by atomic mass is 16.6. The van der Waals surface area contributed by atoms with Crippen LogP contribution < -0.4 is 0 Å². The Morgan fingerprint density at radius 1 is 0.296 bits per heavy atom. The van der Waals surface area contributed by atoms with E-state index in [1.807, 2.05) is 12.2 Å². The molecule has 0 aliphatic rings. The lowest BCUT2D eigenvalue weighted by Crippen LogP contribution is -2.30. The van der Waals surface area contributed by atoms with Gasteiger partial charge in [0, 0.05) is 19.3 Å². The van der Waals surface area contributed by atoms with Crippen molar-refractivity contribution in [2.75, 3.05) is 13.2 Å². The van der Waals surface area contributed by atoms with Gasteiger partial charge in [0.1, 0.15) is 13.2 Å². The molecular formula is C65H98O6. The predicted octanol–water partition coefficient (Wildman–Crippen LogP) is 18.8. The van der Waals surface area contributed by atoms with Gasteiger partial charge < -0.3 is 14.2 Å². The fourth-order valence-corrected chi connectivity index (χ4v) is 6.63. The van der Waals surface area contributed by atoms with Crippen LogP contribution in [-0.2, 0) is 28.6 Å². The average molecular weight is 975 g/mol. The minimum absolute atomic E-state index is 0.147. The highest BCUT2D eigenvalue weighted by molar-refractivity contribution is 5.71. The van der Waals surface area contributed by atoms with Crippen molar-refractivity contribution < 1.29 is 28.6 Å². The first-order valence-electron chi connectivity index (χ1n) is 27.6. The lowest BCUT2D eigenvalue weighted by atomic mass is 10.1. The Morgan fingerprint density at radius 3 is 0.958 bits per heavy atom. The van der Waals surface area contributed by atoms with Crippen molar-refractivity contribution >= 4 is 17.9 Å². The lowest BCUT2D eigenvalue weighted by Gasteiger charge is -2.18. The number of carbonyl (C=O) groups excluding carboxylic acids is 3. The van der Waals surface area contributed by atoms with Crippen LogP contribution >= 0.6 is 0 Å². The van der Waals surface area contributed by atoms with E-state index in [1.165, 1.54) is 25.7 Å². The van der Waals surface area contributed by atoms with E-state index in [-0.39, 0.29) is 38.0 Å². The lowest BCUT2D eigenvalue weighted by molar-refractivity contribution is -0.166. The zero-order valence-corrected chi connectivity index (χ0v) is 44.9. The molecule has 0 N–H and O–H groups in total. The van der Waals surface area contributed by atoms with Crippen LogP contribution in [0, 0.1) is 0 Å². The van der Waals surface area contributed by atoms with E-state index in [0.29, 0.717) is 19.3 Å². The Morgan fingerprint density at radius 2 is 0.592 bits per heavy atom. The number of hydrogen-bond acceptors (Lipinski definition) is 6. The zero-order valence-electron chi connectivity index (χ0n) is 44.9. The molecule has 71 heavy (non-hydrogen) atoms. The largest absolute Gasteiger partial charge is 0.462 e. The van der Waals surface area contributed by atoms with Gasteiger partial charge in [0.25, 0.3) is 0 Å². The highest BCUT2D eigenvalue weighted by Gasteiger charge is 2.19. The van der Waals surface area contributed by atoms with Gasteiger partial charge in [-0.15, -0.1) is 0 Å². The first kappa shape index (κ1) is 65.8. The molecule has 0 saturated carbocycles. The van der Waals surface area contributed by atoms with Crippen LogP contribution in [0.15, 0.2) is 170 Å². The first-order valence-corrected chi connectivity index (χ1v) is 27.6. The van der Waals surface area contributed by atoms with Crippen LogP contribution in [0.5, 0.6) is 0 Å². The maximum Gasteiger partial charge on any atom is 0.306 e. The van der Waals surface area contributed by atoms with Gasteiger partial charge in [-0.25, -0.2) is 0 Å². The summed E-state index contributed by atoms with van der Waals surface area (Å²) in [5.41, 5.74) is 0. The van der Waals surface area contributed by atoms with Gasteiger partial charge in [-0.2, -0.15) is 0 Å². The van der Waals surface area contributed by atoms with Crippen LogP contribution in [0.25, 0.3) is 0 Å². The standard InChI is InChI=1S/C65H98O6/c1-4-7-10-13-16-19-22-25-28-31-32-35-38-41-44-47-50-53-56-59-65(68)71-62(60-69-63(66)57-54-51-48-45-42-39-36-33-29-26-23-20-17-14-11-8-5-2)61-70-64(67)58-55-52-49-46-43-40-37-34-30-27-24-21-18-15-12-9-6-3/h7-8,10-11,16-21,25-30,32,35-37,39-41,44-45,48,50,53,62H,4-6,9,12-15,22-24,31,33-34,38,42-43,46-47,49,51-52,54-61H2,1-3H3/b10-7-,11-8-,19-16-,20-17-,21-18-,28-25-,29-26-,30-27-,35-32-,39-36-,40-37-,44-41-,48-45-,53-50-/t62-/m1/s1. The Bertz CT molecular complexity index is 1690. The van der Waals surface area contributed by atoms with E-state index >= 15 is 0 Å². The second-order valence-corrected chi connectivity index (χ2v) is 17.4. The third-order valence-electron chi connectivity index (χ3n) is 10.7. The van der Waals surface area contributed by atoms with E-state index in [9.17, 15) is 14.4 Å². The first-order chi connectivity index (χ1) is 35.0. The second kappa shape index (κ2) is 57.3. The maximum atomic E-state index is 12.8. The Labute approximate surface area is 434 Å². The SMILES string of the molecule is CC/C=C\C/C=C\C/C=C\C/C=C\C/C=C\C/C=C\CCC(=O)O[C@H](COC(=O)CCC/C=C\C/C=C\C/C=C\C/C=C\C/C=C\CC)COC(=O)CCCCCC/C=C\C/C=C\C/C=C\CCCCC. The third-order valence-corrected chi connectivity index (χ3v) is 10.7. The molecule has 0 rings (SSSR count). The summed E-state index contributed by atoms with van der Waals surface area (Å²) >= 11 is 0. The van der Waals surface area contributed by atoms with Crippen molar-refractivity contribution in [3.8, 4) is 0 Å². The fraction of sp³-hybridized carbons (Fsp3) is 0.523. The third kappa shape index (κ3) is 55.6. The molecule has 6 heteroatoms. The molecule has 0 unspecified atom stereocenters. The van der Waals surface area contributed by atoms with Crippen molar-refractivity contribution in [1.82, 2.24) is 0 Å². The number of esters is 3. The van der Waals surface area contributed by atoms with Crippen molar-refractivity contribution in [2.45, 2.75) is 207 Å². The number of hydrogen-bond donors (Lipinski definition) is 0. The smallest absolute Gasteiger partial charge is 0.306 e. The molecular weight excluding hydrogens is 877 g/mol. The Balaban J connectivity index is 4.68. The van der Waals surface area contributed by atoms with E-state index in [2.05, 4.69) is 179 Å². The number of unbranched alkanes of at least 4 members (excludes halogenated alkanes) is 8. The number of carbonyl (C=O) groups is 3. The van der Waals surface area contributed by atoms with Gasteiger partial charge in [-0.1, -0.05) is 217 Å². The molecule has 0 aromatic heterocycles. The molecule has 1 atom stereocenters. The van der Waals surface area contributed by atoms with Gasteiger partial charge in [0.05, 0.1) is 0 Å². The summed E-state index contributed by atoms with van der Waals surface area (Å²) in [5, 5.41) is 0. The van der Waals surface area contributed by atoms with Gasteiger partial charge >= 0.3 is 17.9 Å². The molecule has 0 aromatic rings. The fourth-order valence-electron chi connectivity index (χ4n) is 6.63. The molecule has 0 spiro atoms. The summed E-state index contributed by atoms with van der Waals surface area (Å²) in [7, 11) is 0. The van der Waals surface area contributed by atoms with Crippen LogP contribution in [0.1, 0.15) is 201 Å². The van der Waals surface area contributed by atoms with Crippen molar-refractivity contribution in [3.05, 3.63) is 170 Å². The molecule has 0 bridgehead atoms. The quantitative estimate of drug-likeness (QED) is 0.0262. The topological polar surface area (TPSA) is 78.9 Å². The van der Waals surface area contributed by atoms with E-state index in [0.717, 1.165) is 122 Å². The van der Waals surface area contributed by atoms with Crippen LogP contribution in [0.3, 0.4) is 0 Å². The average Bonchev–Trinajstić information content (AvgIpc) is 3.37. The number of rotatable bonds is 47. The molecule has 0 heterocycles. The monoisotopic (exact) mass is 975 g/mol. The van der Waals surface area contributed by atoms with Crippen LogP contribution in [0.2, 0.25) is 0 Å². The summed E-state index contributed by atoms with van der Waals surface area (Å²) in [5.74, 6) is -1.12. The molecule has 0 saturated heterocycles. The molecule has 0 aromatic carbocycles. The maximum absolute atomic E-state index is 12.8. The molecule has 6 nitrogen and oxygen atoms in total. The summed E-state index contributed by atoms with van der Waals surface area (Å²) < 4.78 is 16.7. The molecule has 0 radical (unpaired) electrons. The van der Waals surface area contributed by atoms with Gasteiger partial charge in [-0.05, 0) is 135 Å². The zero-order chi connectivity index (χ0) is 51.4. The van der Waals surface area contributed by atoms with Crippen molar-refractivity contribution in [3.63, 3.8) is 0 Å². The minimum atomic E-state index is -0.861. The normalized spacial score (nSPS) is 13.5. The van der Waals surface area contributed by atoms with E-state index in [4.69, 9.17) is 14.2 Å². The molecule has 0 fully saturated rings. The van der Waals surface area contributed by atoms with E-state index in [1.54, 1.807) is 0 Å². The van der Waals surface area contributed by atoms with Crippen LogP contribution in [-0.4, -0.2) is 37.2 Å². The van der Waals surface area contributed by atoms with Crippen molar-refractivity contribution in [1.29, 1.82) is 0 Å². The second-order valence-electron chi connectivity index (χ2n) is 17.4. The Hall–Kier alpha value is -5.23. The molecule has 0 aliphatic carbocycles. The predicted molar refractivity (Wildman–Crippen MR) is 306 cm³/mol. The molecule has 0 amide bonds. The number of ether oxygens (including phenoxy) is 3. The van der Waals surface area contributed by atoms with Gasteiger partial charge in [-0.3, -0.25) is 14.4 Å².